The second kappa shape index (κ2) is 6.76. The van der Waals surface area contributed by atoms with Gasteiger partial charge in [-0.2, -0.15) is 4.39 Å². The number of benzene rings is 3. The van der Waals surface area contributed by atoms with Crippen LogP contribution in [0.2, 0.25) is 0 Å². The van der Waals surface area contributed by atoms with Crippen molar-refractivity contribution < 1.29 is 21.6 Å². The van der Waals surface area contributed by atoms with E-state index in [-0.39, 0.29) is 16.6 Å². The summed E-state index contributed by atoms with van der Waals surface area (Å²) in [4.78, 5) is 2.63. The number of aromatic nitrogens is 1. The van der Waals surface area contributed by atoms with Gasteiger partial charge in [0.1, 0.15) is 16.5 Å². The van der Waals surface area contributed by atoms with Crippen LogP contribution in [0.15, 0.2) is 82.6 Å². The maximum Gasteiger partial charge on any atom is 0.233 e. The van der Waals surface area contributed by atoms with Crippen LogP contribution in [0.25, 0.3) is 22.0 Å². The van der Waals surface area contributed by atoms with Gasteiger partial charge in [-0.25, -0.2) is 22.2 Å². The van der Waals surface area contributed by atoms with Crippen LogP contribution in [0, 0.1) is 17.6 Å². The first kappa shape index (κ1) is 18.2. The van der Waals surface area contributed by atoms with Crippen LogP contribution in [0.3, 0.4) is 0 Å². The topological polar surface area (TPSA) is 47.0 Å². The number of hydrogen-bond acceptors (Lipinski definition) is 3. The number of pyridine rings is 1. The maximum absolute atomic E-state index is 15.0. The Bertz CT molecular complexity index is 1320. The standard InChI is InChI=1S/C21H12F3NO2S/c22-14-6-3-5-13(11-14)19-17-9-1-2-10-18(17)25-21(24)20(19)28(26,27)16-8-4-7-15(23)12-16/h1-12H. The Balaban J connectivity index is 2.14. The van der Waals surface area contributed by atoms with Gasteiger partial charge in [-0.3, -0.25) is 0 Å². The highest BCUT2D eigenvalue weighted by atomic mass is 32.2. The van der Waals surface area contributed by atoms with Crippen LogP contribution in [0.4, 0.5) is 13.2 Å². The van der Waals surface area contributed by atoms with Gasteiger partial charge < -0.3 is 0 Å². The summed E-state index contributed by atoms with van der Waals surface area (Å²) in [6.45, 7) is 0. The van der Waals surface area contributed by atoms with E-state index in [0.717, 1.165) is 18.2 Å². The second-order valence-electron chi connectivity index (χ2n) is 6.10. The first-order valence-electron chi connectivity index (χ1n) is 8.23. The Kier molecular flexibility index (Phi) is 4.39. The predicted octanol–water partition coefficient (Wildman–Crippen LogP) is 5.15. The number of para-hydroxylation sites is 1. The Hall–Kier alpha value is -3.19. The third kappa shape index (κ3) is 3.03. The summed E-state index contributed by atoms with van der Waals surface area (Å²) in [6, 6.07) is 15.8. The molecule has 1 aromatic heterocycles. The molecular formula is C21H12F3NO2S. The molecule has 3 aromatic carbocycles. The molecule has 140 valence electrons. The average molecular weight is 399 g/mol. The maximum atomic E-state index is 15.0. The second-order valence-corrected chi connectivity index (χ2v) is 7.98. The Morgan fingerprint density at radius 1 is 0.750 bits per heavy atom. The Labute approximate surface area is 159 Å². The summed E-state index contributed by atoms with van der Waals surface area (Å²) in [6.07, 6.45) is 0. The van der Waals surface area contributed by atoms with Crippen molar-refractivity contribution in [3.8, 4) is 11.1 Å². The minimum atomic E-state index is -4.48. The number of nitrogens with zero attached hydrogens (tertiary/aromatic N) is 1. The molecule has 0 N–H and O–H groups in total. The van der Waals surface area contributed by atoms with E-state index >= 15 is 0 Å². The molecular weight excluding hydrogens is 387 g/mol. The molecule has 28 heavy (non-hydrogen) atoms. The molecule has 0 aliphatic carbocycles. The van der Waals surface area contributed by atoms with Crippen LogP contribution in [-0.4, -0.2) is 13.4 Å². The van der Waals surface area contributed by atoms with Crippen LogP contribution in [-0.2, 0) is 9.84 Å². The minimum absolute atomic E-state index is 0.0214. The number of halogens is 3. The van der Waals surface area contributed by atoms with E-state index in [1.54, 1.807) is 18.2 Å². The van der Waals surface area contributed by atoms with Crippen LogP contribution in [0.1, 0.15) is 0 Å². The fourth-order valence-electron chi connectivity index (χ4n) is 3.09. The molecule has 7 heteroatoms. The van der Waals surface area contributed by atoms with Gasteiger partial charge in [-0.15, -0.1) is 0 Å². The minimum Gasteiger partial charge on any atom is -0.219 e. The number of sulfone groups is 1. The summed E-state index contributed by atoms with van der Waals surface area (Å²) in [5.74, 6) is -2.61. The fraction of sp³-hybridized carbons (Fsp3) is 0. The summed E-state index contributed by atoms with van der Waals surface area (Å²) in [7, 11) is -4.48. The number of hydrogen-bond donors (Lipinski definition) is 0. The molecule has 0 fully saturated rings. The predicted molar refractivity (Wildman–Crippen MR) is 98.9 cm³/mol. The normalized spacial score (nSPS) is 11.7. The Morgan fingerprint density at radius 2 is 1.43 bits per heavy atom. The van der Waals surface area contributed by atoms with Gasteiger partial charge >= 0.3 is 0 Å². The van der Waals surface area contributed by atoms with Gasteiger partial charge in [-0.05, 0) is 42.0 Å². The molecule has 0 saturated heterocycles. The molecule has 0 atom stereocenters. The van der Waals surface area contributed by atoms with E-state index in [9.17, 15) is 21.6 Å². The lowest BCUT2D eigenvalue weighted by Crippen LogP contribution is -2.09. The monoisotopic (exact) mass is 399 g/mol. The highest BCUT2D eigenvalue weighted by Gasteiger charge is 2.29. The molecule has 0 amide bonds. The lowest BCUT2D eigenvalue weighted by molar-refractivity contribution is 0.543. The quantitative estimate of drug-likeness (QED) is 0.448. The molecule has 0 aliphatic heterocycles. The molecule has 0 radical (unpaired) electrons. The van der Waals surface area contributed by atoms with Gasteiger partial charge in [-0.1, -0.05) is 36.4 Å². The first-order chi connectivity index (χ1) is 13.4. The lowest BCUT2D eigenvalue weighted by atomic mass is 10.0. The van der Waals surface area contributed by atoms with E-state index in [2.05, 4.69) is 4.98 Å². The highest BCUT2D eigenvalue weighted by molar-refractivity contribution is 7.91. The smallest absolute Gasteiger partial charge is 0.219 e. The summed E-state index contributed by atoms with van der Waals surface area (Å²) >= 11 is 0. The fourth-order valence-corrected chi connectivity index (χ4v) is 4.62. The molecule has 1 heterocycles. The van der Waals surface area contributed by atoms with E-state index in [4.69, 9.17) is 0 Å². The van der Waals surface area contributed by atoms with Gasteiger partial charge in [0.05, 0.1) is 10.4 Å². The summed E-state index contributed by atoms with van der Waals surface area (Å²) < 4.78 is 68.8. The van der Waals surface area contributed by atoms with E-state index in [1.165, 1.54) is 36.4 Å². The van der Waals surface area contributed by atoms with Crippen LogP contribution >= 0.6 is 0 Å². The van der Waals surface area contributed by atoms with Crippen molar-refractivity contribution in [2.24, 2.45) is 0 Å². The summed E-state index contributed by atoms with van der Waals surface area (Å²) in [5.41, 5.74) is 0.372. The van der Waals surface area contributed by atoms with Crippen LogP contribution < -0.4 is 0 Å². The third-order valence-corrected chi connectivity index (χ3v) is 6.08. The average Bonchev–Trinajstić information content (AvgIpc) is 2.66. The Morgan fingerprint density at radius 3 is 2.14 bits per heavy atom. The first-order valence-corrected chi connectivity index (χ1v) is 9.71. The molecule has 0 spiro atoms. The molecule has 4 rings (SSSR count). The van der Waals surface area contributed by atoms with Crippen molar-refractivity contribution in [3.63, 3.8) is 0 Å². The van der Waals surface area contributed by atoms with Crippen LogP contribution in [0.5, 0.6) is 0 Å². The van der Waals surface area contributed by atoms with Gasteiger partial charge in [0.2, 0.25) is 15.8 Å². The van der Waals surface area contributed by atoms with E-state index in [0.29, 0.717) is 5.39 Å². The molecule has 0 unspecified atom stereocenters. The molecule has 3 nitrogen and oxygen atoms in total. The van der Waals surface area contributed by atoms with Crippen molar-refractivity contribution in [1.29, 1.82) is 0 Å². The molecule has 0 bridgehead atoms. The van der Waals surface area contributed by atoms with Crippen molar-refractivity contribution in [3.05, 3.63) is 90.4 Å². The van der Waals surface area contributed by atoms with E-state index < -0.39 is 37.2 Å². The van der Waals surface area contributed by atoms with Crippen molar-refractivity contribution in [2.75, 3.05) is 0 Å². The largest absolute Gasteiger partial charge is 0.233 e. The SMILES string of the molecule is O=S(=O)(c1cccc(F)c1)c1c(F)nc2ccccc2c1-c1cccc(F)c1. The van der Waals surface area contributed by atoms with Gasteiger partial charge in [0.15, 0.2) is 0 Å². The molecule has 0 saturated carbocycles. The lowest BCUT2D eigenvalue weighted by Gasteiger charge is -2.15. The van der Waals surface area contributed by atoms with Gasteiger partial charge in [0, 0.05) is 10.9 Å². The molecule has 4 aromatic rings. The van der Waals surface area contributed by atoms with Gasteiger partial charge in [0.25, 0.3) is 0 Å². The number of rotatable bonds is 3. The number of fused-ring (bicyclic) bond motifs is 1. The highest BCUT2D eigenvalue weighted by Crippen LogP contribution is 2.38. The summed E-state index contributed by atoms with van der Waals surface area (Å²) in [5, 5.41) is 0.337. The zero-order valence-corrected chi connectivity index (χ0v) is 15.1. The zero-order chi connectivity index (χ0) is 19.9. The van der Waals surface area contributed by atoms with E-state index in [1.807, 2.05) is 0 Å². The zero-order valence-electron chi connectivity index (χ0n) is 14.2. The van der Waals surface area contributed by atoms with Crippen molar-refractivity contribution in [1.82, 2.24) is 4.98 Å². The van der Waals surface area contributed by atoms with Crippen molar-refractivity contribution >= 4 is 20.7 Å². The molecule has 0 aliphatic rings. The third-order valence-electron chi connectivity index (χ3n) is 4.29. The van der Waals surface area contributed by atoms with Crippen molar-refractivity contribution in [2.45, 2.75) is 9.79 Å².